The van der Waals surface area contributed by atoms with E-state index in [-0.39, 0.29) is 0 Å². The molecule has 1 aliphatic rings. The number of aromatic nitrogens is 1. The highest BCUT2D eigenvalue weighted by Gasteiger charge is 2.23. The first-order valence-electron chi connectivity index (χ1n) is 7.44. The van der Waals surface area contributed by atoms with Crippen LogP contribution in [-0.2, 0) is 5.88 Å². The zero-order chi connectivity index (χ0) is 14.7. The largest absolute Gasteiger partial charge is 0.356 e. The molecule has 2 rings (SSSR count). The molecule has 3 nitrogen and oxygen atoms in total. The second-order valence-corrected chi connectivity index (χ2v) is 6.48. The third kappa shape index (κ3) is 3.64. The zero-order valence-corrected chi connectivity index (χ0v) is 13.9. The van der Waals surface area contributed by atoms with Gasteiger partial charge >= 0.3 is 0 Å². The minimum absolute atomic E-state index is 0.548. The average molecular weight is 296 g/mol. The smallest absolute Gasteiger partial charge is 0.133 e. The van der Waals surface area contributed by atoms with Crippen molar-refractivity contribution in [3.05, 3.63) is 22.9 Å². The number of aryl methyl sites for hydroxylation is 2. The molecule has 0 N–H and O–H groups in total. The Morgan fingerprint density at radius 2 is 1.95 bits per heavy atom. The summed E-state index contributed by atoms with van der Waals surface area (Å²) in [5.74, 6) is 2.47. The Balaban J connectivity index is 2.10. The van der Waals surface area contributed by atoms with Gasteiger partial charge in [-0.05, 0) is 58.3 Å². The van der Waals surface area contributed by atoms with Gasteiger partial charge < -0.3 is 9.80 Å². The van der Waals surface area contributed by atoms with E-state index in [1.165, 1.54) is 30.5 Å². The first-order valence-corrected chi connectivity index (χ1v) is 7.97. The molecule has 4 heteroatoms. The normalized spacial score (nSPS) is 17.0. The van der Waals surface area contributed by atoms with Crippen LogP contribution in [-0.4, -0.2) is 43.6 Å². The number of hydrogen-bond donors (Lipinski definition) is 0. The lowest BCUT2D eigenvalue weighted by Crippen LogP contribution is -2.38. The number of hydrogen-bond acceptors (Lipinski definition) is 3. The van der Waals surface area contributed by atoms with E-state index >= 15 is 0 Å². The van der Waals surface area contributed by atoms with Crippen molar-refractivity contribution in [1.29, 1.82) is 0 Å². The Morgan fingerprint density at radius 1 is 1.30 bits per heavy atom. The van der Waals surface area contributed by atoms with Crippen LogP contribution in [0.3, 0.4) is 0 Å². The summed E-state index contributed by atoms with van der Waals surface area (Å²) in [5, 5.41) is 0. The standard InChI is InChI=1S/C16H26ClN3/c1-12-9-13(2)18-16(15(12)10-17)20-7-5-14(6-8-20)11-19(3)4/h9,14H,5-8,10-11H2,1-4H3. The molecule has 0 bridgehead atoms. The quantitative estimate of drug-likeness (QED) is 0.795. The molecular formula is C16H26ClN3. The van der Waals surface area contributed by atoms with Crippen LogP contribution in [0.5, 0.6) is 0 Å². The Morgan fingerprint density at radius 3 is 2.50 bits per heavy atom. The summed E-state index contributed by atoms with van der Waals surface area (Å²) in [6.45, 7) is 7.58. The summed E-state index contributed by atoms with van der Waals surface area (Å²) in [6.07, 6.45) is 2.49. The van der Waals surface area contributed by atoms with Gasteiger partial charge in [0.05, 0.1) is 5.88 Å². The molecule has 1 aromatic rings. The van der Waals surface area contributed by atoms with Gasteiger partial charge in [-0.3, -0.25) is 0 Å². The molecule has 20 heavy (non-hydrogen) atoms. The summed E-state index contributed by atoms with van der Waals surface area (Å²) >= 11 is 6.13. The maximum absolute atomic E-state index is 6.13. The van der Waals surface area contributed by atoms with Gasteiger partial charge in [0, 0.05) is 30.9 Å². The molecule has 0 aromatic carbocycles. The van der Waals surface area contributed by atoms with Crippen molar-refractivity contribution < 1.29 is 0 Å². The van der Waals surface area contributed by atoms with Gasteiger partial charge in [0.25, 0.3) is 0 Å². The van der Waals surface area contributed by atoms with E-state index < -0.39 is 0 Å². The summed E-state index contributed by atoms with van der Waals surface area (Å²) < 4.78 is 0. The van der Waals surface area contributed by atoms with Crippen molar-refractivity contribution in [2.75, 3.05) is 38.6 Å². The number of halogens is 1. The molecule has 1 saturated heterocycles. The highest BCUT2D eigenvalue weighted by molar-refractivity contribution is 6.17. The molecule has 0 aliphatic carbocycles. The van der Waals surface area contributed by atoms with Crippen molar-refractivity contribution in [3.8, 4) is 0 Å². The predicted octanol–water partition coefficient (Wildman–Crippen LogP) is 3.22. The van der Waals surface area contributed by atoms with Gasteiger partial charge in [-0.2, -0.15) is 0 Å². The number of rotatable bonds is 4. The van der Waals surface area contributed by atoms with E-state index in [9.17, 15) is 0 Å². The van der Waals surface area contributed by atoms with Crippen LogP contribution in [0.25, 0.3) is 0 Å². The second kappa shape index (κ2) is 6.77. The Labute approximate surface area is 127 Å². The molecule has 0 amide bonds. The van der Waals surface area contributed by atoms with Crippen LogP contribution in [0.1, 0.15) is 29.7 Å². The molecule has 1 aliphatic heterocycles. The molecule has 0 unspecified atom stereocenters. The fraction of sp³-hybridized carbons (Fsp3) is 0.688. The molecular weight excluding hydrogens is 270 g/mol. The van der Waals surface area contributed by atoms with E-state index in [1.807, 2.05) is 0 Å². The lowest BCUT2D eigenvalue weighted by atomic mass is 9.96. The van der Waals surface area contributed by atoms with Crippen molar-refractivity contribution >= 4 is 17.4 Å². The molecule has 0 atom stereocenters. The number of anilines is 1. The van der Waals surface area contributed by atoms with Crippen LogP contribution in [0.4, 0.5) is 5.82 Å². The molecule has 0 radical (unpaired) electrons. The van der Waals surface area contributed by atoms with E-state index in [1.54, 1.807) is 0 Å². The summed E-state index contributed by atoms with van der Waals surface area (Å²) in [4.78, 5) is 9.46. The number of alkyl halides is 1. The molecule has 2 heterocycles. The highest BCUT2D eigenvalue weighted by atomic mass is 35.5. The van der Waals surface area contributed by atoms with Crippen molar-refractivity contribution in [1.82, 2.24) is 9.88 Å². The van der Waals surface area contributed by atoms with Crippen LogP contribution in [0, 0.1) is 19.8 Å². The SMILES string of the molecule is Cc1cc(C)c(CCl)c(N2CCC(CN(C)C)CC2)n1. The Hall–Kier alpha value is -0.800. The molecule has 0 spiro atoms. The maximum atomic E-state index is 6.13. The molecule has 0 saturated carbocycles. The van der Waals surface area contributed by atoms with Crippen molar-refractivity contribution in [3.63, 3.8) is 0 Å². The molecule has 1 fully saturated rings. The van der Waals surface area contributed by atoms with E-state index in [4.69, 9.17) is 16.6 Å². The number of pyridine rings is 1. The lowest BCUT2D eigenvalue weighted by Gasteiger charge is -2.35. The average Bonchev–Trinajstić information content (AvgIpc) is 2.38. The van der Waals surface area contributed by atoms with Crippen LogP contribution in [0.2, 0.25) is 0 Å². The number of piperidine rings is 1. The van der Waals surface area contributed by atoms with E-state index in [2.05, 4.69) is 43.8 Å². The molecule has 112 valence electrons. The van der Waals surface area contributed by atoms with Crippen LogP contribution >= 0.6 is 11.6 Å². The second-order valence-electron chi connectivity index (χ2n) is 6.21. The minimum atomic E-state index is 0.548. The third-order valence-corrected chi connectivity index (χ3v) is 4.39. The van der Waals surface area contributed by atoms with E-state index in [0.29, 0.717) is 5.88 Å². The van der Waals surface area contributed by atoms with Gasteiger partial charge in [-0.15, -0.1) is 11.6 Å². The Kier molecular flexibility index (Phi) is 5.28. The topological polar surface area (TPSA) is 19.4 Å². The van der Waals surface area contributed by atoms with Crippen LogP contribution < -0.4 is 4.90 Å². The highest BCUT2D eigenvalue weighted by Crippen LogP contribution is 2.28. The first-order chi connectivity index (χ1) is 9.51. The van der Waals surface area contributed by atoms with Crippen molar-refractivity contribution in [2.24, 2.45) is 5.92 Å². The van der Waals surface area contributed by atoms with Crippen LogP contribution in [0.15, 0.2) is 6.07 Å². The fourth-order valence-corrected chi connectivity index (χ4v) is 3.44. The maximum Gasteiger partial charge on any atom is 0.133 e. The molecule has 1 aromatic heterocycles. The van der Waals surface area contributed by atoms with E-state index in [0.717, 1.165) is 30.5 Å². The predicted molar refractivity (Wildman–Crippen MR) is 86.8 cm³/mol. The Bertz CT molecular complexity index is 451. The summed E-state index contributed by atoms with van der Waals surface area (Å²) in [5.41, 5.74) is 3.54. The summed E-state index contributed by atoms with van der Waals surface area (Å²) in [7, 11) is 4.31. The van der Waals surface area contributed by atoms with Gasteiger partial charge in [-0.1, -0.05) is 0 Å². The van der Waals surface area contributed by atoms with Gasteiger partial charge in [0.1, 0.15) is 5.82 Å². The lowest BCUT2D eigenvalue weighted by molar-refractivity contribution is 0.284. The third-order valence-electron chi connectivity index (χ3n) is 4.12. The minimum Gasteiger partial charge on any atom is -0.356 e. The van der Waals surface area contributed by atoms with Gasteiger partial charge in [0.15, 0.2) is 0 Å². The van der Waals surface area contributed by atoms with Crippen molar-refractivity contribution in [2.45, 2.75) is 32.6 Å². The zero-order valence-electron chi connectivity index (χ0n) is 13.1. The van der Waals surface area contributed by atoms with Gasteiger partial charge in [0.2, 0.25) is 0 Å². The number of nitrogens with zero attached hydrogens (tertiary/aromatic N) is 3. The monoisotopic (exact) mass is 295 g/mol. The summed E-state index contributed by atoms with van der Waals surface area (Å²) in [6, 6.07) is 2.13. The van der Waals surface area contributed by atoms with Gasteiger partial charge in [-0.25, -0.2) is 4.98 Å². The fourth-order valence-electron chi connectivity index (χ4n) is 3.11. The first kappa shape index (κ1) is 15.6.